The molecule has 108 valence electrons. The molecule has 1 N–H and O–H groups in total. The van der Waals surface area contributed by atoms with Crippen LogP contribution in [0.5, 0.6) is 0 Å². The predicted molar refractivity (Wildman–Crippen MR) is 77.4 cm³/mol. The summed E-state index contributed by atoms with van der Waals surface area (Å²) in [4.78, 5) is 0. The van der Waals surface area contributed by atoms with Crippen LogP contribution >= 0.6 is 0 Å². The fourth-order valence-corrected chi connectivity index (χ4v) is 4.60. The van der Waals surface area contributed by atoms with Crippen molar-refractivity contribution < 1.29 is 5.11 Å². The molecule has 0 amide bonds. The summed E-state index contributed by atoms with van der Waals surface area (Å²) in [7, 11) is 0. The molecule has 0 aromatic carbocycles. The molecule has 0 spiro atoms. The highest BCUT2D eigenvalue weighted by atomic mass is 16.3. The van der Waals surface area contributed by atoms with Gasteiger partial charge in [0.2, 0.25) is 0 Å². The fraction of sp³-hybridized carbons (Fsp3) is 0.941. The predicted octanol–water partition coefficient (Wildman–Crippen LogP) is 4.28. The van der Waals surface area contributed by atoms with Crippen molar-refractivity contribution in [1.29, 1.82) is 5.26 Å². The van der Waals surface area contributed by atoms with Gasteiger partial charge in [0.15, 0.2) is 0 Å². The monoisotopic (exact) mass is 263 g/mol. The average Bonchev–Trinajstić information content (AvgIpc) is 2.43. The Morgan fingerprint density at radius 3 is 2.58 bits per heavy atom. The summed E-state index contributed by atoms with van der Waals surface area (Å²) in [6, 6.07) is 2.59. The van der Waals surface area contributed by atoms with Gasteiger partial charge < -0.3 is 5.11 Å². The Kier molecular flexibility index (Phi) is 4.26. The lowest BCUT2D eigenvalue weighted by Crippen LogP contribution is -2.56. The maximum atomic E-state index is 11.4. The largest absolute Gasteiger partial charge is 0.388 e. The first-order chi connectivity index (χ1) is 8.97. The quantitative estimate of drug-likeness (QED) is 0.808. The second kappa shape index (κ2) is 5.44. The lowest BCUT2D eigenvalue weighted by atomic mass is 9.53. The third-order valence-corrected chi connectivity index (χ3v) is 6.04. The van der Waals surface area contributed by atoms with E-state index >= 15 is 0 Å². The van der Waals surface area contributed by atoms with Crippen LogP contribution in [0, 0.1) is 34.5 Å². The van der Waals surface area contributed by atoms with Gasteiger partial charge in [-0.2, -0.15) is 5.26 Å². The van der Waals surface area contributed by atoms with Crippen LogP contribution in [0.4, 0.5) is 0 Å². The summed E-state index contributed by atoms with van der Waals surface area (Å²) in [6.07, 6.45) is 8.37. The van der Waals surface area contributed by atoms with Crippen molar-refractivity contribution in [2.75, 3.05) is 0 Å². The molecule has 2 aliphatic rings. The van der Waals surface area contributed by atoms with Gasteiger partial charge in [-0.25, -0.2) is 0 Å². The molecule has 0 aliphatic heterocycles. The van der Waals surface area contributed by atoms with Crippen molar-refractivity contribution in [2.45, 2.75) is 77.7 Å². The van der Waals surface area contributed by atoms with E-state index in [1.54, 1.807) is 0 Å². The second-order valence-corrected chi connectivity index (χ2v) is 7.28. The molecule has 2 rings (SSSR count). The van der Waals surface area contributed by atoms with Crippen molar-refractivity contribution in [2.24, 2.45) is 23.2 Å². The summed E-state index contributed by atoms with van der Waals surface area (Å²) in [5.41, 5.74) is -1.24. The van der Waals surface area contributed by atoms with Crippen LogP contribution in [0.15, 0.2) is 0 Å². The second-order valence-electron chi connectivity index (χ2n) is 7.28. The highest BCUT2D eigenvalue weighted by molar-refractivity contribution is 5.16. The molecule has 0 saturated heterocycles. The number of aliphatic hydroxyl groups is 1. The summed E-state index contributed by atoms with van der Waals surface area (Å²) >= 11 is 0. The third kappa shape index (κ3) is 2.42. The van der Waals surface area contributed by atoms with E-state index in [1.165, 1.54) is 12.8 Å². The Hall–Kier alpha value is -0.550. The van der Waals surface area contributed by atoms with Crippen LogP contribution in [0.2, 0.25) is 0 Å². The molecule has 0 aromatic rings. The first kappa shape index (κ1) is 14.9. The van der Waals surface area contributed by atoms with Crippen molar-refractivity contribution in [3.05, 3.63) is 0 Å². The fourth-order valence-electron chi connectivity index (χ4n) is 4.60. The standard InChI is InChI=1S/C17H29NO/c1-4-15-6-5-9-16(11-15,12-18)17(19)10-13(2)7-8-14(17)3/h13-15,19H,4-11H2,1-3H3. The van der Waals surface area contributed by atoms with Gasteiger partial charge in [-0.1, -0.05) is 46.5 Å². The van der Waals surface area contributed by atoms with Crippen LogP contribution in [0.25, 0.3) is 0 Å². The maximum Gasteiger partial charge on any atom is 0.0865 e. The molecule has 5 unspecified atom stereocenters. The van der Waals surface area contributed by atoms with Gasteiger partial charge in [-0.3, -0.25) is 0 Å². The van der Waals surface area contributed by atoms with Crippen molar-refractivity contribution in [3.63, 3.8) is 0 Å². The van der Waals surface area contributed by atoms with Crippen LogP contribution in [0.3, 0.4) is 0 Å². The summed E-state index contributed by atoms with van der Waals surface area (Å²) in [5.74, 6) is 1.44. The molecule has 0 bridgehead atoms. The lowest BCUT2D eigenvalue weighted by Gasteiger charge is -2.53. The Labute approximate surface area is 118 Å². The Bertz CT molecular complexity index is 361. The van der Waals surface area contributed by atoms with Gasteiger partial charge in [0, 0.05) is 0 Å². The smallest absolute Gasteiger partial charge is 0.0865 e. The molecular formula is C17H29NO. The van der Waals surface area contributed by atoms with Crippen molar-refractivity contribution in [3.8, 4) is 6.07 Å². The van der Waals surface area contributed by atoms with E-state index in [4.69, 9.17) is 0 Å². The van der Waals surface area contributed by atoms with E-state index < -0.39 is 11.0 Å². The Balaban J connectivity index is 2.31. The Morgan fingerprint density at radius 1 is 1.21 bits per heavy atom. The van der Waals surface area contributed by atoms with Gasteiger partial charge in [-0.05, 0) is 43.4 Å². The highest BCUT2D eigenvalue weighted by Crippen LogP contribution is 2.55. The summed E-state index contributed by atoms with van der Waals surface area (Å²) < 4.78 is 0. The third-order valence-electron chi connectivity index (χ3n) is 6.04. The van der Waals surface area contributed by atoms with Crippen molar-refractivity contribution in [1.82, 2.24) is 0 Å². The van der Waals surface area contributed by atoms with Gasteiger partial charge in [-0.15, -0.1) is 0 Å². The van der Waals surface area contributed by atoms with Crippen molar-refractivity contribution >= 4 is 0 Å². The molecule has 0 radical (unpaired) electrons. The SMILES string of the molecule is CCC1CCCC(C#N)(C2(O)CC(C)CCC2C)C1. The van der Waals surface area contributed by atoms with E-state index in [2.05, 4.69) is 26.8 Å². The molecule has 2 saturated carbocycles. The maximum absolute atomic E-state index is 11.4. The number of hydrogen-bond acceptors (Lipinski definition) is 2. The molecule has 0 aromatic heterocycles. The summed E-state index contributed by atoms with van der Waals surface area (Å²) in [6.45, 7) is 6.59. The minimum Gasteiger partial charge on any atom is -0.388 e. The molecule has 19 heavy (non-hydrogen) atoms. The summed E-state index contributed by atoms with van der Waals surface area (Å²) in [5, 5.41) is 21.2. The molecule has 2 fully saturated rings. The molecule has 0 heterocycles. The van der Waals surface area contributed by atoms with E-state index in [-0.39, 0.29) is 5.92 Å². The molecule has 2 aliphatic carbocycles. The average molecular weight is 263 g/mol. The van der Waals surface area contributed by atoms with Crippen LogP contribution in [-0.4, -0.2) is 10.7 Å². The van der Waals surface area contributed by atoms with E-state index in [0.29, 0.717) is 11.8 Å². The molecular weight excluding hydrogens is 234 g/mol. The zero-order chi connectivity index (χ0) is 14.1. The highest BCUT2D eigenvalue weighted by Gasteiger charge is 2.56. The van der Waals surface area contributed by atoms with Crippen LogP contribution < -0.4 is 0 Å². The first-order valence-electron chi connectivity index (χ1n) is 8.11. The first-order valence-corrected chi connectivity index (χ1v) is 8.11. The normalized spacial score (nSPS) is 47.6. The van der Waals surface area contributed by atoms with Gasteiger partial charge in [0.25, 0.3) is 0 Å². The number of nitriles is 1. The van der Waals surface area contributed by atoms with E-state index in [1.807, 2.05) is 0 Å². The number of rotatable bonds is 2. The minimum absolute atomic E-state index is 0.263. The van der Waals surface area contributed by atoms with Crippen LogP contribution in [0.1, 0.15) is 72.1 Å². The zero-order valence-corrected chi connectivity index (χ0v) is 12.8. The topological polar surface area (TPSA) is 44.0 Å². The Morgan fingerprint density at radius 2 is 1.95 bits per heavy atom. The van der Waals surface area contributed by atoms with Gasteiger partial charge >= 0.3 is 0 Å². The van der Waals surface area contributed by atoms with Gasteiger partial charge in [0.1, 0.15) is 0 Å². The zero-order valence-electron chi connectivity index (χ0n) is 12.8. The van der Waals surface area contributed by atoms with Gasteiger partial charge in [0.05, 0.1) is 17.1 Å². The number of nitrogens with zero attached hydrogens (tertiary/aromatic N) is 1. The minimum atomic E-state index is -0.757. The van der Waals surface area contributed by atoms with Crippen LogP contribution in [-0.2, 0) is 0 Å². The molecule has 2 heteroatoms. The van der Waals surface area contributed by atoms with E-state index in [9.17, 15) is 10.4 Å². The molecule has 2 nitrogen and oxygen atoms in total. The van der Waals surface area contributed by atoms with E-state index in [0.717, 1.165) is 38.5 Å². The lowest BCUT2D eigenvalue weighted by molar-refractivity contribution is -0.148. The number of hydrogen-bond donors (Lipinski definition) is 1. The molecule has 5 atom stereocenters.